The second-order valence-electron chi connectivity index (χ2n) is 5.13. The third-order valence-corrected chi connectivity index (χ3v) is 3.21. The molecule has 0 atom stereocenters. The number of amides is 2. The van der Waals surface area contributed by atoms with Crippen molar-refractivity contribution < 1.29 is 14.3 Å². The largest absolute Gasteiger partial charge is 0.455 e. The maximum Gasteiger partial charge on any atom is 0.320 e. The zero-order chi connectivity index (χ0) is 17.4. The van der Waals surface area contributed by atoms with Crippen LogP contribution < -0.4 is 15.4 Å². The monoisotopic (exact) mass is 330 g/mol. The Bertz CT molecular complexity index is 691. The zero-order valence-corrected chi connectivity index (χ0v) is 14.1. The molecule has 0 saturated heterocycles. The smallest absolute Gasteiger partial charge is 0.320 e. The first kappa shape index (κ1) is 17.7. The van der Waals surface area contributed by atoms with Crippen molar-refractivity contribution in [1.29, 1.82) is 0 Å². The topological polar surface area (TPSA) is 85.4 Å². The van der Waals surface area contributed by atoms with Crippen LogP contribution in [0.25, 0.3) is 0 Å². The maximum absolute atomic E-state index is 11.5. The van der Waals surface area contributed by atoms with Crippen LogP contribution in [-0.2, 0) is 11.2 Å². The molecule has 0 unspecified atom stereocenters. The Morgan fingerprint density at radius 1 is 1.25 bits per heavy atom. The predicted molar refractivity (Wildman–Crippen MR) is 91.6 cm³/mol. The number of aryl methyl sites for hydroxylation is 1. The van der Waals surface area contributed by atoms with Gasteiger partial charge in [-0.15, -0.1) is 0 Å². The molecule has 0 aliphatic rings. The first-order valence-corrected chi connectivity index (χ1v) is 7.77. The van der Waals surface area contributed by atoms with Gasteiger partial charge in [0.2, 0.25) is 0 Å². The van der Waals surface area contributed by atoms with Crippen LogP contribution in [0.4, 0.5) is 10.6 Å². The highest BCUT2D eigenvalue weighted by Crippen LogP contribution is 2.27. The summed E-state index contributed by atoms with van der Waals surface area (Å²) in [7, 11) is 1.54. The Labute approximate surface area is 141 Å². The summed E-state index contributed by atoms with van der Waals surface area (Å²) in [5.74, 6) is 1.65. The Balaban J connectivity index is 2.24. The molecule has 2 aromatic rings. The standard InChI is InChI=1S/C17H22N4O3/c1-4-23-6-5-13-10-20-16(21-17(22)18-3)8-15(13)24-14-7-12(2)9-19-11-14/h7-11H,4-6H2,1-3H3,(H2,18,20,21,22). The molecule has 0 saturated carbocycles. The van der Waals surface area contributed by atoms with Crippen molar-refractivity contribution in [1.82, 2.24) is 15.3 Å². The van der Waals surface area contributed by atoms with E-state index in [1.165, 1.54) is 0 Å². The number of nitrogens with one attached hydrogen (secondary N) is 2. The number of anilines is 1. The maximum atomic E-state index is 11.5. The van der Waals surface area contributed by atoms with Gasteiger partial charge in [-0.3, -0.25) is 10.3 Å². The third-order valence-electron chi connectivity index (χ3n) is 3.21. The lowest BCUT2D eigenvalue weighted by Crippen LogP contribution is -2.25. The predicted octanol–water partition coefficient (Wildman–Crippen LogP) is 2.91. The molecule has 0 spiro atoms. The Kier molecular flexibility index (Phi) is 6.51. The molecule has 2 aromatic heterocycles. The van der Waals surface area contributed by atoms with Crippen molar-refractivity contribution in [2.24, 2.45) is 0 Å². The molecule has 0 fully saturated rings. The Morgan fingerprint density at radius 2 is 2.08 bits per heavy atom. The average Bonchev–Trinajstić information content (AvgIpc) is 2.57. The lowest BCUT2D eigenvalue weighted by molar-refractivity contribution is 0.150. The van der Waals surface area contributed by atoms with Crippen molar-refractivity contribution >= 4 is 11.8 Å². The first-order chi connectivity index (χ1) is 11.6. The lowest BCUT2D eigenvalue weighted by Gasteiger charge is -2.13. The molecule has 128 valence electrons. The number of carbonyl (C=O) groups is 1. The third kappa shape index (κ3) is 5.20. The fraction of sp³-hybridized carbons (Fsp3) is 0.353. The molecule has 2 rings (SSSR count). The minimum atomic E-state index is -0.340. The van der Waals surface area contributed by atoms with E-state index in [9.17, 15) is 4.79 Å². The van der Waals surface area contributed by atoms with Crippen molar-refractivity contribution in [3.63, 3.8) is 0 Å². The average molecular weight is 330 g/mol. The van der Waals surface area contributed by atoms with Crippen molar-refractivity contribution in [2.75, 3.05) is 25.6 Å². The van der Waals surface area contributed by atoms with Gasteiger partial charge in [0, 0.05) is 44.1 Å². The van der Waals surface area contributed by atoms with Crippen LogP contribution in [0.3, 0.4) is 0 Å². The SMILES string of the molecule is CCOCCc1cnc(NC(=O)NC)cc1Oc1cncc(C)c1. The van der Waals surface area contributed by atoms with E-state index in [1.54, 1.807) is 31.7 Å². The van der Waals surface area contributed by atoms with Crippen LogP contribution in [0.5, 0.6) is 11.5 Å². The molecule has 0 radical (unpaired) electrons. The van der Waals surface area contributed by atoms with Gasteiger partial charge in [0.15, 0.2) is 0 Å². The molecular weight excluding hydrogens is 308 g/mol. The van der Waals surface area contributed by atoms with Crippen molar-refractivity contribution in [3.8, 4) is 11.5 Å². The van der Waals surface area contributed by atoms with Crippen LogP contribution in [-0.4, -0.2) is 36.3 Å². The number of carbonyl (C=O) groups excluding carboxylic acids is 1. The molecule has 2 amide bonds. The second kappa shape index (κ2) is 8.83. The van der Waals surface area contributed by atoms with Gasteiger partial charge in [0.1, 0.15) is 17.3 Å². The molecule has 2 N–H and O–H groups in total. The summed E-state index contributed by atoms with van der Waals surface area (Å²) < 4.78 is 11.3. The van der Waals surface area contributed by atoms with Gasteiger partial charge < -0.3 is 14.8 Å². The molecular formula is C17H22N4O3. The normalized spacial score (nSPS) is 10.3. The second-order valence-corrected chi connectivity index (χ2v) is 5.13. The highest BCUT2D eigenvalue weighted by atomic mass is 16.5. The fourth-order valence-electron chi connectivity index (χ4n) is 2.03. The van der Waals surface area contributed by atoms with E-state index in [4.69, 9.17) is 9.47 Å². The van der Waals surface area contributed by atoms with Crippen molar-refractivity contribution in [2.45, 2.75) is 20.3 Å². The Morgan fingerprint density at radius 3 is 2.79 bits per heavy atom. The van der Waals surface area contributed by atoms with Crippen LogP contribution >= 0.6 is 0 Å². The van der Waals surface area contributed by atoms with Gasteiger partial charge in [0.25, 0.3) is 0 Å². The number of rotatable bonds is 7. The van der Waals surface area contributed by atoms with Gasteiger partial charge in [-0.05, 0) is 25.5 Å². The van der Waals surface area contributed by atoms with Crippen molar-refractivity contribution in [3.05, 3.63) is 41.9 Å². The van der Waals surface area contributed by atoms with E-state index < -0.39 is 0 Å². The van der Waals surface area contributed by atoms with Crippen LogP contribution in [0.2, 0.25) is 0 Å². The number of pyridine rings is 2. The number of nitrogens with zero attached hydrogens (tertiary/aromatic N) is 2. The molecule has 0 aliphatic carbocycles. The summed E-state index contributed by atoms with van der Waals surface area (Å²) >= 11 is 0. The summed E-state index contributed by atoms with van der Waals surface area (Å²) in [6, 6.07) is 3.25. The highest BCUT2D eigenvalue weighted by molar-refractivity contribution is 5.88. The van der Waals surface area contributed by atoms with E-state index in [0.29, 0.717) is 37.0 Å². The highest BCUT2D eigenvalue weighted by Gasteiger charge is 2.10. The van der Waals surface area contributed by atoms with Gasteiger partial charge in [-0.2, -0.15) is 0 Å². The van der Waals surface area contributed by atoms with E-state index in [-0.39, 0.29) is 6.03 Å². The van der Waals surface area contributed by atoms with E-state index in [0.717, 1.165) is 11.1 Å². The summed E-state index contributed by atoms with van der Waals surface area (Å²) in [6.07, 6.45) is 5.75. The number of urea groups is 1. The minimum Gasteiger partial charge on any atom is -0.455 e. The summed E-state index contributed by atoms with van der Waals surface area (Å²) in [5, 5.41) is 5.12. The minimum absolute atomic E-state index is 0.340. The quantitative estimate of drug-likeness (QED) is 0.763. The molecule has 24 heavy (non-hydrogen) atoms. The number of ether oxygens (including phenoxy) is 2. The number of hydrogen-bond donors (Lipinski definition) is 2. The first-order valence-electron chi connectivity index (χ1n) is 7.77. The zero-order valence-electron chi connectivity index (χ0n) is 14.1. The molecule has 0 aliphatic heterocycles. The van der Waals surface area contributed by atoms with E-state index >= 15 is 0 Å². The van der Waals surface area contributed by atoms with Gasteiger partial charge in [0.05, 0.1) is 12.8 Å². The molecule has 7 heteroatoms. The number of hydrogen-bond acceptors (Lipinski definition) is 5. The molecule has 7 nitrogen and oxygen atoms in total. The summed E-state index contributed by atoms with van der Waals surface area (Å²) in [5.41, 5.74) is 1.90. The Hall–Kier alpha value is -2.67. The van der Waals surface area contributed by atoms with Gasteiger partial charge >= 0.3 is 6.03 Å². The van der Waals surface area contributed by atoms with E-state index in [2.05, 4.69) is 20.6 Å². The van der Waals surface area contributed by atoms with Crippen LogP contribution in [0.1, 0.15) is 18.1 Å². The number of aromatic nitrogens is 2. The van der Waals surface area contributed by atoms with Gasteiger partial charge in [-0.25, -0.2) is 9.78 Å². The van der Waals surface area contributed by atoms with E-state index in [1.807, 2.05) is 19.9 Å². The molecule has 2 heterocycles. The van der Waals surface area contributed by atoms with Crippen LogP contribution in [0, 0.1) is 6.92 Å². The lowest BCUT2D eigenvalue weighted by atomic mass is 10.2. The molecule has 0 aromatic carbocycles. The summed E-state index contributed by atoms with van der Waals surface area (Å²) in [6.45, 7) is 5.12. The fourth-order valence-corrected chi connectivity index (χ4v) is 2.03. The molecule has 0 bridgehead atoms. The van der Waals surface area contributed by atoms with Crippen LogP contribution in [0.15, 0.2) is 30.7 Å². The summed E-state index contributed by atoms with van der Waals surface area (Å²) in [4.78, 5) is 19.8. The van der Waals surface area contributed by atoms with Gasteiger partial charge in [-0.1, -0.05) is 0 Å².